The minimum Gasteiger partial charge on any atom is -0.493 e. The van der Waals surface area contributed by atoms with E-state index in [1.165, 1.54) is 13.2 Å². The summed E-state index contributed by atoms with van der Waals surface area (Å²) >= 11 is 0. The van der Waals surface area contributed by atoms with E-state index in [2.05, 4.69) is 10.9 Å². The Balaban J connectivity index is 1.88. The Bertz CT molecular complexity index is 908. The number of carbonyl (C=O) groups excluding carboxylic acids is 2. The van der Waals surface area contributed by atoms with E-state index in [-0.39, 0.29) is 0 Å². The molecule has 2 aromatic carbocycles. The zero-order valence-corrected chi connectivity index (χ0v) is 17.2. The number of hydrazine groups is 1. The summed E-state index contributed by atoms with van der Waals surface area (Å²) < 4.78 is 16.1. The Labute approximate surface area is 170 Å². The molecule has 2 amide bonds. The molecule has 0 fully saturated rings. The van der Waals surface area contributed by atoms with Crippen molar-refractivity contribution >= 4 is 17.9 Å². The number of hydrogen-bond acceptors (Lipinski definition) is 5. The van der Waals surface area contributed by atoms with Gasteiger partial charge in [-0.15, -0.1) is 0 Å². The molecule has 0 spiro atoms. The number of amides is 2. The highest BCUT2D eigenvalue weighted by molar-refractivity contribution is 5.93. The van der Waals surface area contributed by atoms with Gasteiger partial charge in [0.15, 0.2) is 17.6 Å². The van der Waals surface area contributed by atoms with Crippen molar-refractivity contribution < 1.29 is 23.8 Å². The minimum absolute atomic E-state index is 0.459. The smallest absolute Gasteiger partial charge is 0.279 e. The van der Waals surface area contributed by atoms with Crippen LogP contribution in [0.2, 0.25) is 0 Å². The summed E-state index contributed by atoms with van der Waals surface area (Å²) in [7, 11) is 3.09. The van der Waals surface area contributed by atoms with Gasteiger partial charge < -0.3 is 14.2 Å². The maximum absolute atomic E-state index is 12.2. The van der Waals surface area contributed by atoms with E-state index in [9.17, 15) is 9.59 Å². The molecular weight excluding hydrogens is 372 g/mol. The molecule has 2 rings (SSSR count). The fourth-order valence-corrected chi connectivity index (χ4v) is 2.49. The molecule has 0 aliphatic rings. The zero-order valence-electron chi connectivity index (χ0n) is 17.2. The fourth-order valence-electron chi connectivity index (χ4n) is 2.49. The molecule has 0 heterocycles. The predicted octanol–water partition coefficient (Wildman–Crippen LogP) is 2.95. The van der Waals surface area contributed by atoms with Crippen molar-refractivity contribution in [3.8, 4) is 17.2 Å². The lowest BCUT2D eigenvalue weighted by Gasteiger charge is -2.17. The summed E-state index contributed by atoms with van der Waals surface area (Å²) in [6.45, 7) is 5.51. The second kappa shape index (κ2) is 10.2. The molecule has 0 aromatic heterocycles. The molecule has 29 heavy (non-hydrogen) atoms. The van der Waals surface area contributed by atoms with Gasteiger partial charge in [-0.3, -0.25) is 20.4 Å². The molecule has 0 aliphatic heterocycles. The van der Waals surface area contributed by atoms with Crippen LogP contribution < -0.4 is 25.1 Å². The number of aryl methyl sites for hydroxylation is 1. The number of rotatable bonds is 7. The molecule has 7 nitrogen and oxygen atoms in total. The molecule has 1 unspecified atom stereocenters. The summed E-state index contributed by atoms with van der Waals surface area (Å²) in [5.74, 6) is 0.846. The summed E-state index contributed by atoms with van der Waals surface area (Å²) in [4.78, 5) is 24.1. The van der Waals surface area contributed by atoms with Gasteiger partial charge in [-0.25, -0.2) is 0 Å². The Morgan fingerprint density at radius 1 is 0.966 bits per heavy atom. The van der Waals surface area contributed by atoms with E-state index < -0.39 is 17.9 Å². The van der Waals surface area contributed by atoms with Crippen LogP contribution in [0.15, 0.2) is 42.5 Å². The van der Waals surface area contributed by atoms with Crippen molar-refractivity contribution in [2.45, 2.75) is 26.9 Å². The highest BCUT2D eigenvalue weighted by Gasteiger charge is 2.16. The lowest BCUT2D eigenvalue weighted by Crippen LogP contribution is -2.46. The first-order chi connectivity index (χ1) is 13.8. The van der Waals surface area contributed by atoms with Crippen molar-refractivity contribution in [2.24, 2.45) is 0 Å². The van der Waals surface area contributed by atoms with E-state index in [4.69, 9.17) is 14.2 Å². The Kier molecular flexibility index (Phi) is 7.65. The molecule has 0 bridgehead atoms. The second-order valence-corrected chi connectivity index (χ2v) is 6.38. The van der Waals surface area contributed by atoms with Gasteiger partial charge in [0.05, 0.1) is 14.2 Å². The third-order valence-electron chi connectivity index (χ3n) is 4.37. The molecule has 1 atom stereocenters. The van der Waals surface area contributed by atoms with Gasteiger partial charge in [0, 0.05) is 6.08 Å². The first-order valence-corrected chi connectivity index (χ1v) is 9.08. The first-order valence-electron chi connectivity index (χ1n) is 9.08. The van der Waals surface area contributed by atoms with Gasteiger partial charge in [-0.2, -0.15) is 0 Å². The van der Waals surface area contributed by atoms with Gasteiger partial charge in [-0.1, -0.05) is 18.2 Å². The average molecular weight is 398 g/mol. The maximum Gasteiger partial charge on any atom is 0.279 e. The van der Waals surface area contributed by atoms with E-state index in [0.717, 1.165) is 16.7 Å². The average Bonchev–Trinajstić information content (AvgIpc) is 2.73. The van der Waals surface area contributed by atoms with Crippen LogP contribution in [0.4, 0.5) is 0 Å². The number of hydrogen-bond donors (Lipinski definition) is 2. The van der Waals surface area contributed by atoms with Gasteiger partial charge in [0.25, 0.3) is 11.8 Å². The summed E-state index contributed by atoms with van der Waals surface area (Å²) in [5.41, 5.74) is 7.48. The van der Waals surface area contributed by atoms with Crippen LogP contribution in [0, 0.1) is 13.8 Å². The summed E-state index contributed by atoms with van der Waals surface area (Å²) in [5, 5.41) is 0. The van der Waals surface area contributed by atoms with E-state index in [0.29, 0.717) is 17.2 Å². The molecule has 0 saturated heterocycles. The topological polar surface area (TPSA) is 85.9 Å². The first kappa shape index (κ1) is 21.8. The van der Waals surface area contributed by atoms with E-state index in [1.807, 2.05) is 26.0 Å². The number of methoxy groups -OCH3 is 2. The molecule has 0 saturated carbocycles. The van der Waals surface area contributed by atoms with E-state index in [1.54, 1.807) is 44.4 Å². The summed E-state index contributed by atoms with van der Waals surface area (Å²) in [6, 6.07) is 10.9. The molecule has 2 N–H and O–H groups in total. The highest BCUT2D eigenvalue weighted by atomic mass is 16.5. The number of ether oxygens (including phenoxy) is 3. The standard InChI is InChI=1S/C22H26N2O5/c1-14-7-6-8-18(15(14)2)29-16(3)22(26)24-23-21(25)12-10-17-9-11-19(27-4)20(13-17)28-5/h6-13,16H,1-5H3,(H,23,25)(H,24,26)/b12-10+. The Morgan fingerprint density at radius 3 is 2.38 bits per heavy atom. The Morgan fingerprint density at radius 2 is 1.69 bits per heavy atom. The molecule has 0 radical (unpaired) electrons. The molecule has 0 aliphatic carbocycles. The number of carbonyl (C=O) groups is 2. The van der Waals surface area contributed by atoms with Crippen LogP contribution in [0.1, 0.15) is 23.6 Å². The maximum atomic E-state index is 12.2. The van der Waals surface area contributed by atoms with Crippen LogP contribution >= 0.6 is 0 Å². The Hall–Kier alpha value is -3.48. The quantitative estimate of drug-likeness (QED) is 0.553. The van der Waals surface area contributed by atoms with Crippen molar-refractivity contribution in [3.05, 3.63) is 59.2 Å². The number of nitrogens with one attached hydrogen (secondary N) is 2. The zero-order chi connectivity index (χ0) is 21.4. The monoisotopic (exact) mass is 398 g/mol. The van der Waals surface area contributed by atoms with Crippen LogP contribution in [-0.4, -0.2) is 32.1 Å². The largest absolute Gasteiger partial charge is 0.493 e. The van der Waals surface area contributed by atoms with Crippen LogP contribution in [-0.2, 0) is 9.59 Å². The highest BCUT2D eigenvalue weighted by Crippen LogP contribution is 2.28. The lowest BCUT2D eigenvalue weighted by atomic mass is 10.1. The SMILES string of the molecule is COc1ccc(/C=C/C(=O)NNC(=O)C(C)Oc2cccc(C)c2C)cc1OC. The molecular formula is C22H26N2O5. The third kappa shape index (κ3) is 6.00. The lowest BCUT2D eigenvalue weighted by molar-refractivity contribution is -0.131. The van der Waals surface area contributed by atoms with Gasteiger partial charge in [-0.05, 0) is 61.7 Å². The predicted molar refractivity (Wildman–Crippen MR) is 111 cm³/mol. The van der Waals surface area contributed by atoms with Crippen molar-refractivity contribution in [1.29, 1.82) is 0 Å². The second-order valence-electron chi connectivity index (χ2n) is 6.38. The van der Waals surface area contributed by atoms with E-state index >= 15 is 0 Å². The third-order valence-corrected chi connectivity index (χ3v) is 4.37. The van der Waals surface area contributed by atoms with Crippen LogP contribution in [0.3, 0.4) is 0 Å². The normalized spacial score (nSPS) is 11.6. The van der Waals surface area contributed by atoms with Gasteiger partial charge in [0.2, 0.25) is 0 Å². The fraction of sp³-hybridized carbons (Fsp3) is 0.273. The number of benzene rings is 2. The molecule has 7 heteroatoms. The minimum atomic E-state index is -0.773. The van der Waals surface area contributed by atoms with Crippen LogP contribution in [0.5, 0.6) is 17.2 Å². The van der Waals surface area contributed by atoms with Crippen molar-refractivity contribution in [2.75, 3.05) is 14.2 Å². The van der Waals surface area contributed by atoms with Crippen molar-refractivity contribution in [3.63, 3.8) is 0 Å². The molecule has 154 valence electrons. The van der Waals surface area contributed by atoms with Crippen LogP contribution in [0.25, 0.3) is 6.08 Å². The summed E-state index contributed by atoms with van der Waals surface area (Å²) in [6.07, 6.45) is 2.13. The molecule has 2 aromatic rings. The van der Waals surface area contributed by atoms with Gasteiger partial charge >= 0.3 is 0 Å². The van der Waals surface area contributed by atoms with Gasteiger partial charge in [0.1, 0.15) is 5.75 Å². The van der Waals surface area contributed by atoms with Crippen molar-refractivity contribution in [1.82, 2.24) is 10.9 Å².